The maximum atomic E-state index is 12.9. The van der Waals surface area contributed by atoms with E-state index in [9.17, 15) is 19.2 Å². The number of hydrogen-bond acceptors (Lipinski definition) is 5. The van der Waals surface area contributed by atoms with Gasteiger partial charge in [-0.3, -0.25) is 14.4 Å². The Morgan fingerprint density at radius 2 is 1.55 bits per heavy atom. The molecule has 0 aliphatic heterocycles. The SMILES string of the molecule is Cc1ccccc1C(C)NC(=O)COC(=O)c1ccc2c(c1Cl)C(=O)c1ccccc1C2=O. The minimum atomic E-state index is -0.861. The van der Waals surface area contributed by atoms with Gasteiger partial charge < -0.3 is 10.1 Å². The molecule has 166 valence electrons. The molecule has 0 fully saturated rings. The number of fused-ring (bicyclic) bond motifs is 2. The van der Waals surface area contributed by atoms with Crippen LogP contribution in [0.15, 0.2) is 60.7 Å². The Labute approximate surface area is 195 Å². The summed E-state index contributed by atoms with van der Waals surface area (Å²) in [6.45, 7) is 3.27. The molecule has 3 aromatic rings. The van der Waals surface area contributed by atoms with Gasteiger partial charge in [0.2, 0.25) is 0 Å². The van der Waals surface area contributed by atoms with Crippen LogP contribution in [-0.2, 0) is 9.53 Å². The molecule has 33 heavy (non-hydrogen) atoms. The van der Waals surface area contributed by atoms with Crippen molar-refractivity contribution in [3.63, 3.8) is 0 Å². The average molecular weight is 462 g/mol. The molecule has 0 saturated heterocycles. The third kappa shape index (κ3) is 4.17. The zero-order chi connectivity index (χ0) is 23.7. The number of nitrogens with one attached hydrogen (secondary N) is 1. The summed E-state index contributed by atoms with van der Waals surface area (Å²) >= 11 is 6.37. The van der Waals surface area contributed by atoms with Gasteiger partial charge in [-0.05, 0) is 37.1 Å². The lowest BCUT2D eigenvalue weighted by Crippen LogP contribution is -2.31. The van der Waals surface area contributed by atoms with Gasteiger partial charge in [0.15, 0.2) is 18.2 Å². The normalized spacial score (nSPS) is 13.1. The number of rotatable bonds is 5. The summed E-state index contributed by atoms with van der Waals surface area (Å²) < 4.78 is 5.13. The first-order chi connectivity index (χ1) is 15.8. The smallest absolute Gasteiger partial charge is 0.340 e. The fraction of sp³-hybridized carbons (Fsp3) is 0.154. The van der Waals surface area contributed by atoms with Crippen LogP contribution < -0.4 is 5.32 Å². The molecule has 0 bridgehead atoms. The van der Waals surface area contributed by atoms with Gasteiger partial charge in [-0.15, -0.1) is 0 Å². The Balaban J connectivity index is 1.48. The van der Waals surface area contributed by atoms with Crippen molar-refractivity contribution in [2.24, 2.45) is 0 Å². The van der Waals surface area contributed by atoms with E-state index >= 15 is 0 Å². The van der Waals surface area contributed by atoms with Gasteiger partial charge in [-0.1, -0.05) is 60.1 Å². The predicted molar refractivity (Wildman–Crippen MR) is 123 cm³/mol. The highest BCUT2D eigenvalue weighted by Gasteiger charge is 2.33. The van der Waals surface area contributed by atoms with E-state index in [1.54, 1.807) is 24.3 Å². The second-order valence-corrected chi connectivity index (χ2v) is 8.15. The molecule has 0 radical (unpaired) electrons. The Kier molecular flexibility index (Phi) is 6.11. The van der Waals surface area contributed by atoms with Crippen molar-refractivity contribution in [3.05, 3.63) is 105 Å². The van der Waals surface area contributed by atoms with E-state index in [1.165, 1.54) is 12.1 Å². The van der Waals surface area contributed by atoms with Gasteiger partial charge in [-0.2, -0.15) is 0 Å². The lowest BCUT2D eigenvalue weighted by atomic mass is 9.83. The van der Waals surface area contributed by atoms with Gasteiger partial charge in [0.25, 0.3) is 5.91 Å². The second-order valence-electron chi connectivity index (χ2n) is 7.78. The lowest BCUT2D eigenvalue weighted by molar-refractivity contribution is -0.124. The Morgan fingerprint density at radius 3 is 2.24 bits per heavy atom. The maximum absolute atomic E-state index is 12.9. The first-order valence-corrected chi connectivity index (χ1v) is 10.7. The molecule has 1 N–H and O–H groups in total. The number of ketones is 2. The molecule has 3 aromatic carbocycles. The van der Waals surface area contributed by atoms with Crippen LogP contribution in [0.5, 0.6) is 0 Å². The number of esters is 1. The first kappa shape index (κ1) is 22.4. The number of carbonyl (C=O) groups is 4. The highest BCUT2D eigenvalue weighted by molar-refractivity contribution is 6.41. The molecule has 1 unspecified atom stereocenters. The number of amides is 1. The third-order valence-electron chi connectivity index (χ3n) is 5.62. The Morgan fingerprint density at radius 1 is 0.909 bits per heavy atom. The van der Waals surface area contributed by atoms with E-state index < -0.39 is 24.3 Å². The molecule has 7 heteroatoms. The quantitative estimate of drug-likeness (QED) is 0.443. The van der Waals surface area contributed by atoms with Crippen LogP contribution in [0.3, 0.4) is 0 Å². The largest absolute Gasteiger partial charge is 0.452 e. The summed E-state index contributed by atoms with van der Waals surface area (Å²) in [5, 5.41) is 2.62. The molecular weight excluding hydrogens is 442 g/mol. The molecule has 1 aliphatic rings. The van der Waals surface area contributed by atoms with Crippen LogP contribution in [-0.4, -0.2) is 30.0 Å². The number of ether oxygens (including phenoxy) is 1. The van der Waals surface area contributed by atoms with Gasteiger partial charge in [0.1, 0.15) is 0 Å². The van der Waals surface area contributed by atoms with Gasteiger partial charge in [0, 0.05) is 16.7 Å². The van der Waals surface area contributed by atoms with E-state index in [0.29, 0.717) is 5.56 Å². The minimum Gasteiger partial charge on any atom is -0.452 e. The fourth-order valence-electron chi connectivity index (χ4n) is 3.95. The highest BCUT2D eigenvalue weighted by atomic mass is 35.5. The summed E-state index contributed by atoms with van der Waals surface area (Å²) in [5.41, 5.74) is 2.52. The first-order valence-electron chi connectivity index (χ1n) is 10.3. The van der Waals surface area contributed by atoms with Crippen molar-refractivity contribution in [2.75, 3.05) is 6.61 Å². The summed E-state index contributed by atoms with van der Waals surface area (Å²) in [6, 6.07) is 16.5. The van der Waals surface area contributed by atoms with E-state index in [0.717, 1.165) is 11.1 Å². The van der Waals surface area contributed by atoms with Crippen LogP contribution in [0, 0.1) is 6.92 Å². The molecule has 1 aliphatic carbocycles. The van der Waals surface area contributed by atoms with E-state index in [1.807, 2.05) is 38.1 Å². The van der Waals surface area contributed by atoms with Crippen molar-refractivity contribution in [3.8, 4) is 0 Å². The Bertz CT molecular complexity index is 1310. The number of hydrogen-bond donors (Lipinski definition) is 1. The van der Waals surface area contributed by atoms with Gasteiger partial charge in [-0.25, -0.2) is 4.79 Å². The lowest BCUT2D eigenvalue weighted by Gasteiger charge is -2.19. The minimum absolute atomic E-state index is 0.0348. The van der Waals surface area contributed by atoms with Crippen LogP contribution in [0.1, 0.15) is 66.3 Å². The molecule has 0 saturated carbocycles. The monoisotopic (exact) mass is 461 g/mol. The van der Waals surface area contributed by atoms with Crippen LogP contribution in [0.2, 0.25) is 5.02 Å². The Hall–Kier alpha value is -3.77. The van der Waals surface area contributed by atoms with Crippen molar-refractivity contribution in [1.82, 2.24) is 5.32 Å². The van der Waals surface area contributed by atoms with Gasteiger partial charge >= 0.3 is 5.97 Å². The van der Waals surface area contributed by atoms with Crippen LogP contribution >= 0.6 is 11.6 Å². The molecule has 1 atom stereocenters. The van der Waals surface area contributed by atoms with Crippen LogP contribution in [0.25, 0.3) is 0 Å². The third-order valence-corrected chi connectivity index (χ3v) is 6.01. The fourth-order valence-corrected chi connectivity index (χ4v) is 4.27. The summed E-state index contributed by atoms with van der Waals surface area (Å²) in [6.07, 6.45) is 0. The number of benzene rings is 3. The average Bonchev–Trinajstić information content (AvgIpc) is 2.81. The van der Waals surface area contributed by atoms with Gasteiger partial charge in [0.05, 0.1) is 22.2 Å². The number of carbonyl (C=O) groups excluding carboxylic acids is 4. The standard InChI is InChI=1S/C26H20ClNO5/c1-14-7-3-4-8-16(14)15(2)28-21(29)13-33-26(32)20-12-11-19-22(23(20)27)25(31)18-10-6-5-9-17(18)24(19)30/h3-12,15H,13H2,1-2H3,(H,28,29). The molecular formula is C26H20ClNO5. The van der Waals surface area contributed by atoms with Crippen LogP contribution in [0.4, 0.5) is 0 Å². The van der Waals surface area contributed by atoms with Crippen molar-refractivity contribution < 1.29 is 23.9 Å². The predicted octanol–water partition coefficient (Wildman–Crippen LogP) is 4.46. The number of halogens is 1. The maximum Gasteiger partial charge on any atom is 0.340 e. The van der Waals surface area contributed by atoms with Crippen molar-refractivity contribution in [2.45, 2.75) is 19.9 Å². The molecule has 0 heterocycles. The van der Waals surface area contributed by atoms with E-state index in [-0.39, 0.29) is 39.1 Å². The molecule has 0 spiro atoms. The van der Waals surface area contributed by atoms with Crippen molar-refractivity contribution in [1.29, 1.82) is 0 Å². The molecule has 0 aromatic heterocycles. The summed E-state index contributed by atoms with van der Waals surface area (Å²) in [7, 11) is 0. The molecule has 6 nitrogen and oxygen atoms in total. The summed E-state index contributed by atoms with van der Waals surface area (Å²) in [5.74, 6) is -2.12. The highest BCUT2D eigenvalue weighted by Crippen LogP contribution is 2.34. The zero-order valence-electron chi connectivity index (χ0n) is 18.0. The van der Waals surface area contributed by atoms with E-state index in [2.05, 4.69) is 5.32 Å². The topological polar surface area (TPSA) is 89.5 Å². The number of aryl methyl sites for hydroxylation is 1. The van der Waals surface area contributed by atoms with E-state index in [4.69, 9.17) is 16.3 Å². The molecule has 1 amide bonds. The second kappa shape index (κ2) is 9.00. The summed E-state index contributed by atoms with van der Waals surface area (Å²) in [4.78, 5) is 50.6. The zero-order valence-corrected chi connectivity index (χ0v) is 18.7. The molecule has 4 rings (SSSR count). The van der Waals surface area contributed by atoms with Crippen molar-refractivity contribution >= 4 is 35.0 Å².